The Kier molecular flexibility index (Phi) is 6.02. The van der Waals surface area contributed by atoms with Crippen LogP contribution in [0.15, 0.2) is 73.0 Å². The van der Waals surface area contributed by atoms with Gasteiger partial charge < -0.3 is 10.5 Å². The fourth-order valence-electron chi connectivity index (χ4n) is 3.79. The van der Waals surface area contributed by atoms with Gasteiger partial charge >= 0.3 is 0 Å². The lowest BCUT2D eigenvalue weighted by Gasteiger charge is -2.24. The van der Waals surface area contributed by atoms with Crippen LogP contribution in [0, 0.1) is 0 Å². The first kappa shape index (κ1) is 18.6. The average Bonchev–Trinajstić information content (AvgIpc) is 2.69. The molecule has 1 aliphatic carbocycles. The lowest BCUT2D eigenvalue weighted by Crippen LogP contribution is -2.17. The predicted molar refractivity (Wildman–Crippen MR) is 116 cm³/mol. The number of aryl methyl sites for hydroxylation is 1. The topological polar surface area (TPSA) is 35.2 Å². The first-order chi connectivity index (χ1) is 12.3. The van der Waals surface area contributed by atoms with E-state index in [1.165, 1.54) is 45.5 Å². The van der Waals surface area contributed by atoms with Crippen molar-refractivity contribution in [3.63, 3.8) is 0 Å². The first-order valence-corrected chi connectivity index (χ1v) is 8.97. The summed E-state index contributed by atoms with van der Waals surface area (Å²) >= 11 is 0. The normalized spacial score (nSPS) is 17.7. The van der Waals surface area contributed by atoms with Gasteiger partial charge in [-0.25, -0.2) is 0 Å². The number of benzene rings is 3. The summed E-state index contributed by atoms with van der Waals surface area (Å²) in [6, 6.07) is 17.8. The maximum Gasteiger partial charge on any atom is 0.106 e. The van der Waals surface area contributed by atoms with E-state index in [1.807, 2.05) is 18.2 Å². The van der Waals surface area contributed by atoms with Gasteiger partial charge in [-0.3, -0.25) is 0 Å². The fraction of sp³-hybridized carbons (Fsp3) is 0.217. The SMILES string of the molecule is C1=CCOC=C1.NC1CCCc2c1ccc1c2ccc2ccccc21.S. The summed E-state index contributed by atoms with van der Waals surface area (Å²) < 4.78 is 4.80. The van der Waals surface area contributed by atoms with Crippen LogP contribution in [-0.2, 0) is 11.2 Å². The van der Waals surface area contributed by atoms with Crippen molar-refractivity contribution in [1.82, 2.24) is 0 Å². The van der Waals surface area contributed by atoms with Crippen LogP contribution in [0.4, 0.5) is 0 Å². The molecule has 2 nitrogen and oxygen atoms in total. The van der Waals surface area contributed by atoms with Crippen molar-refractivity contribution < 1.29 is 4.74 Å². The minimum absolute atomic E-state index is 0. The average molecular weight is 364 g/mol. The molecule has 134 valence electrons. The van der Waals surface area contributed by atoms with Crippen molar-refractivity contribution >= 4 is 35.0 Å². The van der Waals surface area contributed by atoms with Gasteiger partial charge in [-0.2, -0.15) is 13.5 Å². The highest BCUT2D eigenvalue weighted by molar-refractivity contribution is 7.59. The van der Waals surface area contributed by atoms with E-state index >= 15 is 0 Å². The van der Waals surface area contributed by atoms with E-state index in [9.17, 15) is 0 Å². The standard InChI is InChI=1S/C18H17N.C5H6O.H2S/c19-18-7-3-6-14-16-9-8-12-4-1-2-5-13(12)15(16)10-11-17(14)18;1-2-4-6-5-3-1;/h1-2,4-5,8-11,18H,3,6-7,19H2;1-4H,5H2;1H2. The van der Waals surface area contributed by atoms with Gasteiger partial charge in [-0.15, -0.1) is 0 Å². The Morgan fingerprint density at radius 3 is 2.46 bits per heavy atom. The molecule has 0 bridgehead atoms. The minimum Gasteiger partial charge on any atom is -0.497 e. The molecule has 5 rings (SSSR count). The zero-order chi connectivity index (χ0) is 17.1. The van der Waals surface area contributed by atoms with Crippen LogP contribution < -0.4 is 5.73 Å². The summed E-state index contributed by atoms with van der Waals surface area (Å²) in [6.45, 7) is 0.733. The largest absolute Gasteiger partial charge is 0.497 e. The number of hydrogen-bond donors (Lipinski definition) is 1. The van der Waals surface area contributed by atoms with Crippen molar-refractivity contribution in [3.05, 3.63) is 84.1 Å². The third-order valence-corrected chi connectivity index (χ3v) is 5.03. The van der Waals surface area contributed by atoms with E-state index in [0.29, 0.717) is 0 Å². The van der Waals surface area contributed by atoms with Crippen molar-refractivity contribution in [1.29, 1.82) is 0 Å². The number of allylic oxidation sites excluding steroid dienone is 2. The molecule has 26 heavy (non-hydrogen) atoms. The molecule has 3 aromatic rings. The first-order valence-electron chi connectivity index (χ1n) is 8.97. The second-order valence-electron chi connectivity index (χ2n) is 6.60. The highest BCUT2D eigenvalue weighted by atomic mass is 32.1. The van der Waals surface area contributed by atoms with Crippen LogP contribution in [-0.4, -0.2) is 6.61 Å². The molecule has 1 aliphatic heterocycles. The summed E-state index contributed by atoms with van der Waals surface area (Å²) in [5.41, 5.74) is 9.08. The Hall–Kier alpha value is -2.23. The quantitative estimate of drug-likeness (QED) is 0.533. The molecule has 2 N–H and O–H groups in total. The lowest BCUT2D eigenvalue weighted by atomic mass is 9.84. The zero-order valence-electron chi connectivity index (χ0n) is 14.8. The fourth-order valence-corrected chi connectivity index (χ4v) is 3.79. The molecule has 0 saturated carbocycles. The molecule has 2 aliphatic rings. The highest BCUT2D eigenvalue weighted by Crippen LogP contribution is 2.36. The Balaban J connectivity index is 0.000000241. The van der Waals surface area contributed by atoms with Crippen LogP contribution >= 0.6 is 13.5 Å². The van der Waals surface area contributed by atoms with Gasteiger partial charge in [0, 0.05) is 6.04 Å². The Morgan fingerprint density at radius 2 is 1.73 bits per heavy atom. The molecule has 0 aromatic heterocycles. The zero-order valence-corrected chi connectivity index (χ0v) is 15.8. The summed E-state index contributed by atoms with van der Waals surface area (Å²) in [7, 11) is 0. The van der Waals surface area contributed by atoms with Crippen molar-refractivity contribution in [2.45, 2.75) is 25.3 Å². The molecule has 3 heteroatoms. The number of hydrogen-bond acceptors (Lipinski definition) is 2. The maximum atomic E-state index is 6.25. The van der Waals surface area contributed by atoms with Gasteiger partial charge in [-0.05, 0) is 64.1 Å². The monoisotopic (exact) mass is 363 g/mol. The molecule has 0 amide bonds. The minimum atomic E-state index is 0. The van der Waals surface area contributed by atoms with Crippen LogP contribution in [0.1, 0.15) is 30.0 Å². The number of nitrogens with two attached hydrogens (primary N) is 1. The maximum absolute atomic E-state index is 6.25. The van der Waals surface area contributed by atoms with E-state index in [4.69, 9.17) is 10.5 Å². The van der Waals surface area contributed by atoms with Crippen LogP contribution in [0.25, 0.3) is 21.5 Å². The summed E-state index contributed by atoms with van der Waals surface area (Å²) in [5.74, 6) is 0. The Labute approximate surface area is 161 Å². The molecule has 3 aromatic carbocycles. The van der Waals surface area contributed by atoms with E-state index in [2.05, 4.69) is 48.5 Å². The van der Waals surface area contributed by atoms with Crippen LogP contribution in [0.2, 0.25) is 0 Å². The van der Waals surface area contributed by atoms with Crippen LogP contribution in [0.3, 0.4) is 0 Å². The summed E-state index contributed by atoms with van der Waals surface area (Å²) in [4.78, 5) is 0. The number of fused-ring (bicyclic) bond motifs is 5. The Morgan fingerprint density at radius 1 is 0.885 bits per heavy atom. The highest BCUT2D eigenvalue weighted by Gasteiger charge is 2.18. The molecule has 1 unspecified atom stereocenters. The third-order valence-electron chi connectivity index (χ3n) is 5.03. The smallest absolute Gasteiger partial charge is 0.106 e. The number of rotatable bonds is 0. The van der Waals surface area contributed by atoms with Crippen LogP contribution in [0.5, 0.6) is 0 Å². The van der Waals surface area contributed by atoms with Crippen molar-refractivity contribution in [2.75, 3.05) is 6.61 Å². The molecular formula is C23H25NOS. The number of ether oxygens (including phenoxy) is 1. The van der Waals surface area contributed by atoms with Gasteiger partial charge in [0.1, 0.15) is 6.61 Å². The lowest BCUT2D eigenvalue weighted by molar-refractivity contribution is 0.286. The predicted octanol–water partition coefficient (Wildman–Crippen LogP) is 5.53. The van der Waals surface area contributed by atoms with Gasteiger partial charge in [-0.1, -0.05) is 54.6 Å². The van der Waals surface area contributed by atoms with E-state index in [0.717, 1.165) is 13.0 Å². The van der Waals surface area contributed by atoms with Gasteiger partial charge in [0.25, 0.3) is 0 Å². The van der Waals surface area contributed by atoms with E-state index in [-0.39, 0.29) is 19.5 Å². The van der Waals surface area contributed by atoms with Crippen molar-refractivity contribution in [2.24, 2.45) is 5.73 Å². The molecule has 0 spiro atoms. The summed E-state index contributed by atoms with van der Waals surface area (Å²) in [6.07, 6.45) is 11.0. The molecule has 0 saturated heterocycles. The second kappa shape index (κ2) is 8.43. The van der Waals surface area contributed by atoms with E-state index < -0.39 is 0 Å². The summed E-state index contributed by atoms with van der Waals surface area (Å²) in [5, 5.41) is 5.43. The van der Waals surface area contributed by atoms with Gasteiger partial charge in [0.15, 0.2) is 0 Å². The molecule has 1 heterocycles. The van der Waals surface area contributed by atoms with Gasteiger partial charge in [0.2, 0.25) is 0 Å². The third kappa shape index (κ3) is 3.64. The molecule has 1 atom stereocenters. The van der Waals surface area contributed by atoms with E-state index in [1.54, 1.807) is 6.26 Å². The molecule has 0 fully saturated rings. The van der Waals surface area contributed by atoms with Crippen molar-refractivity contribution in [3.8, 4) is 0 Å². The molecule has 0 radical (unpaired) electrons. The molecular weight excluding hydrogens is 338 g/mol. The second-order valence-corrected chi connectivity index (χ2v) is 6.60. The Bertz CT molecular complexity index is 949. The van der Waals surface area contributed by atoms with Gasteiger partial charge in [0.05, 0.1) is 6.26 Å².